The highest BCUT2D eigenvalue weighted by molar-refractivity contribution is 7.12. The maximum absolute atomic E-state index is 7.20. The van der Waals surface area contributed by atoms with Gasteiger partial charge in [-0.25, -0.2) is 0 Å². The molecule has 0 atom stereocenters. The molecule has 0 amide bonds. The molecule has 3 aliphatic heterocycles. The van der Waals surface area contributed by atoms with Gasteiger partial charge in [-0.1, -0.05) is 167 Å². The van der Waals surface area contributed by atoms with Gasteiger partial charge in [-0.15, -0.1) is 0 Å². The van der Waals surface area contributed by atoms with Crippen molar-refractivity contribution < 1.29 is 4.74 Å². The summed E-state index contributed by atoms with van der Waals surface area (Å²) in [6, 6.07) is 70.2. The van der Waals surface area contributed by atoms with Gasteiger partial charge in [0.15, 0.2) is 11.5 Å². The van der Waals surface area contributed by atoms with Gasteiger partial charge in [0.05, 0.1) is 17.1 Å². The zero-order valence-corrected chi connectivity index (χ0v) is 28.9. The number of rotatable bonds is 4. The Kier molecular flexibility index (Phi) is 6.75. The van der Waals surface area contributed by atoms with Crippen LogP contribution in [0.15, 0.2) is 194 Å². The Morgan fingerprint density at radius 1 is 0.377 bits per heavy atom. The maximum Gasteiger partial charge on any atom is 0.245 e. The zero-order valence-electron chi connectivity index (χ0n) is 28.9. The van der Waals surface area contributed by atoms with Crippen molar-refractivity contribution in [1.82, 2.24) is 0 Å². The van der Waals surface area contributed by atoms with E-state index in [1.165, 1.54) is 49.6 Å². The van der Waals surface area contributed by atoms with Gasteiger partial charge < -0.3 is 14.5 Å². The number of ether oxygens (including phenoxy) is 1. The van der Waals surface area contributed by atoms with Crippen molar-refractivity contribution in [3.63, 3.8) is 0 Å². The van der Waals surface area contributed by atoms with E-state index in [-0.39, 0.29) is 13.4 Å². The number of para-hydroxylation sites is 4. The van der Waals surface area contributed by atoms with Crippen LogP contribution in [0.2, 0.25) is 0 Å². The van der Waals surface area contributed by atoms with Crippen molar-refractivity contribution in [2.45, 2.75) is 0 Å². The average molecular weight is 674 g/mol. The smallest absolute Gasteiger partial charge is 0.245 e. The summed E-state index contributed by atoms with van der Waals surface area (Å²) in [6.07, 6.45) is 0. The minimum absolute atomic E-state index is 0.0325. The van der Waals surface area contributed by atoms with E-state index in [1.54, 1.807) is 0 Å². The van der Waals surface area contributed by atoms with Gasteiger partial charge in [-0.05, 0) is 70.6 Å². The third kappa shape index (κ3) is 4.57. The number of nitrogens with zero attached hydrogens (tertiary/aromatic N) is 2. The SMILES string of the molecule is c1ccc(B2c3ccccc3B3c4ccccc4N(c4ccccc4)c4c5c(cc2c43)N(c2ccc(-c3ccccc3)cc2)c2ccccc2O5)cc1. The van der Waals surface area contributed by atoms with Crippen molar-refractivity contribution in [3.05, 3.63) is 194 Å². The van der Waals surface area contributed by atoms with Gasteiger partial charge in [0.1, 0.15) is 0 Å². The summed E-state index contributed by atoms with van der Waals surface area (Å²) >= 11 is 0. The molecular weight excluding hydrogens is 642 g/mol. The molecule has 0 aromatic heterocycles. The molecule has 0 unspecified atom stereocenters. The Balaban J connectivity index is 1.25. The maximum atomic E-state index is 7.20. The lowest BCUT2D eigenvalue weighted by Crippen LogP contribution is -2.76. The summed E-state index contributed by atoms with van der Waals surface area (Å²) in [5, 5.41) is 0. The first-order valence-electron chi connectivity index (χ1n) is 18.3. The van der Waals surface area contributed by atoms with E-state index in [1.807, 2.05) is 0 Å². The van der Waals surface area contributed by atoms with Gasteiger partial charge in [0.25, 0.3) is 0 Å². The molecule has 0 bridgehead atoms. The first-order valence-corrected chi connectivity index (χ1v) is 18.3. The van der Waals surface area contributed by atoms with Crippen LogP contribution in [-0.4, -0.2) is 13.4 Å². The second-order valence-electron chi connectivity index (χ2n) is 14.0. The molecule has 246 valence electrons. The van der Waals surface area contributed by atoms with E-state index in [0.717, 1.165) is 39.9 Å². The summed E-state index contributed by atoms with van der Waals surface area (Å²) in [7, 11) is 0. The van der Waals surface area contributed by atoms with Crippen molar-refractivity contribution in [1.29, 1.82) is 0 Å². The summed E-state index contributed by atoms with van der Waals surface area (Å²) in [5.41, 5.74) is 16.8. The Bertz CT molecular complexity index is 2650. The molecule has 8 aromatic carbocycles. The van der Waals surface area contributed by atoms with Gasteiger partial charge in [0, 0.05) is 17.1 Å². The molecule has 3 nitrogen and oxygen atoms in total. The lowest BCUT2D eigenvalue weighted by Gasteiger charge is -2.45. The first kappa shape index (κ1) is 30.0. The predicted molar refractivity (Wildman–Crippen MR) is 224 cm³/mol. The summed E-state index contributed by atoms with van der Waals surface area (Å²) < 4.78 is 7.20. The van der Waals surface area contributed by atoms with Crippen LogP contribution in [0.1, 0.15) is 0 Å². The summed E-state index contributed by atoms with van der Waals surface area (Å²) in [4.78, 5) is 4.85. The molecule has 0 spiro atoms. The quantitative estimate of drug-likeness (QED) is 0.176. The topological polar surface area (TPSA) is 15.7 Å². The Morgan fingerprint density at radius 3 is 1.66 bits per heavy atom. The van der Waals surface area contributed by atoms with E-state index in [4.69, 9.17) is 4.74 Å². The van der Waals surface area contributed by atoms with Crippen LogP contribution in [0.25, 0.3) is 11.1 Å². The Hall–Kier alpha value is -6.71. The molecule has 0 N–H and O–H groups in total. The fourth-order valence-corrected chi connectivity index (χ4v) is 8.97. The normalized spacial score (nSPS) is 13.3. The summed E-state index contributed by atoms with van der Waals surface area (Å²) in [6.45, 7) is 0.0714. The molecule has 0 saturated heterocycles. The fourth-order valence-electron chi connectivity index (χ4n) is 8.97. The number of fused-ring (bicyclic) bond motifs is 7. The van der Waals surface area contributed by atoms with Crippen LogP contribution < -0.4 is 47.3 Å². The van der Waals surface area contributed by atoms with Crippen molar-refractivity contribution >= 4 is 80.3 Å². The molecule has 3 heterocycles. The van der Waals surface area contributed by atoms with Gasteiger partial charge in [-0.3, -0.25) is 0 Å². The van der Waals surface area contributed by atoms with E-state index >= 15 is 0 Å². The highest BCUT2D eigenvalue weighted by atomic mass is 16.5. The van der Waals surface area contributed by atoms with Crippen molar-refractivity contribution in [2.24, 2.45) is 0 Å². The summed E-state index contributed by atoms with van der Waals surface area (Å²) in [5.74, 6) is 1.70. The molecule has 0 saturated carbocycles. The molecule has 11 rings (SSSR count). The molecule has 3 aliphatic rings. The van der Waals surface area contributed by atoms with Crippen LogP contribution in [0, 0.1) is 0 Å². The third-order valence-electron chi connectivity index (χ3n) is 11.2. The highest BCUT2D eigenvalue weighted by Crippen LogP contribution is 2.55. The van der Waals surface area contributed by atoms with Gasteiger partial charge in [-0.2, -0.15) is 0 Å². The van der Waals surface area contributed by atoms with E-state index in [0.29, 0.717) is 0 Å². The largest absolute Gasteiger partial charge is 0.451 e. The second-order valence-corrected chi connectivity index (χ2v) is 14.0. The monoisotopic (exact) mass is 674 g/mol. The molecular formula is C48H32B2N2O. The van der Waals surface area contributed by atoms with E-state index < -0.39 is 0 Å². The second kappa shape index (κ2) is 11.9. The molecule has 5 heteroatoms. The minimum atomic E-state index is 0.0325. The van der Waals surface area contributed by atoms with Crippen LogP contribution in [0.5, 0.6) is 11.5 Å². The molecule has 8 aromatic rings. The van der Waals surface area contributed by atoms with Crippen LogP contribution in [0.4, 0.5) is 34.1 Å². The number of hydrogen-bond donors (Lipinski definition) is 0. The standard InChI is InChI=1S/C48H32B2N2O/c1-4-16-33(17-5-1)34-28-30-37(31-29-34)51-43-26-14-15-27-45(43)53-48-44(51)32-41-46-47(48)52(36-20-8-3-9-21-36)42-25-13-12-24-40(42)50(46)39-23-11-10-22-38(39)49(41)35-18-6-2-7-19-35/h1-32H. The van der Waals surface area contributed by atoms with Crippen LogP contribution >= 0.6 is 0 Å². The van der Waals surface area contributed by atoms with Crippen molar-refractivity contribution in [3.8, 4) is 22.6 Å². The Labute approximate surface area is 310 Å². The third-order valence-corrected chi connectivity index (χ3v) is 11.2. The Morgan fingerprint density at radius 2 is 0.925 bits per heavy atom. The molecule has 53 heavy (non-hydrogen) atoms. The van der Waals surface area contributed by atoms with Crippen LogP contribution in [-0.2, 0) is 0 Å². The van der Waals surface area contributed by atoms with E-state index in [2.05, 4.69) is 204 Å². The van der Waals surface area contributed by atoms with E-state index in [9.17, 15) is 0 Å². The first-order chi connectivity index (χ1) is 26.3. The minimum Gasteiger partial charge on any atom is -0.451 e. The molecule has 0 aliphatic carbocycles. The molecule has 0 fully saturated rings. The number of anilines is 6. The van der Waals surface area contributed by atoms with Gasteiger partial charge >= 0.3 is 0 Å². The van der Waals surface area contributed by atoms with Crippen molar-refractivity contribution in [2.75, 3.05) is 9.80 Å². The average Bonchev–Trinajstić information content (AvgIpc) is 3.23. The van der Waals surface area contributed by atoms with Gasteiger partial charge in [0.2, 0.25) is 13.4 Å². The predicted octanol–water partition coefficient (Wildman–Crippen LogP) is 8.06. The number of benzene rings is 8. The van der Waals surface area contributed by atoms with Crippen LogP contribution in [0.3, 0.4) is 0 Å². The lowest BCUT2D eigenvalue weighted by molar-refractivity contribution is 0.478. The fraction of sp³-hybridized carbons (Fsp3) is 0. The number of hydrogen-bond acceptors (Lipinski definition) is 3. The zero-order chi connectivity index (χ0) is 34.9. The lowest BCUT2D eigenvalue weighted by atomic mass is 9.20. The highest BCUT2D eigenvalue weighted by Gasteiger charge is 2.48. The molecule has 0 radical (unpaired) electrons.